The molecule has 0 spiro atoms. The standard InChI is InChI=1S/C17H31N3O2.ClH/c1-3-4-9-19-16(21)14-6-5-12(2)20(11-14)17(22)13-7-8-15(18)10-13;/h12-15H,3-11,18H2,1-2H3,(H,19,21);1H. The van der Waals surface area contributed by atoms with E-state index >= 15 is 0 Å². The van der Waals surface area contributed by atoms with E-state index in [1.54, 1.807) is 0 Å². The Labute approximate surface area is 146 Å². The predicted octanol–water partition coefficient (Wildman–Crippen LogP) is 2.08. The molecule has 6 heteroatoms. The highest BCUT2D eigenvalue weighted by Crippen LogP contribution is 2.30. The molecule has 1 heterocycles. The van der Waals surface area contributed by atoms with Crippen LogP contribution in [0.25, 0.3) is 0 Å². The number of rotatable bonds is 5. The van der Waals surface area contributed by atoms with E-state index in [1.165, 1.54) is 0 Å². The van der Waals surface area contributed by atoms with Gasteiger partial charge in [-0.25, -0.2) is 0 Å². The van der Waals surface area contributed by atoms with Crippen molar-refractivity contribution in [2.24, 2.45) is 17.6 Å². The third-order valence-electron chi connectivity index (χ3n) is 5.19. The molecule has 1 aliphatic heterocycles. The van der Waals surface area contributed by atoms with E-state index < -0.39 is 0 Å². The number of piperidine rings is 1. The van der Waals surface area contributed by atoms with Gasteiger partial charge in [0.25, 0.3) is 0 Å². The van der Waals surface area contributed by atoms with Crippen molar-refractivity contribution in [3.05, 3.63) is 0 Å². The normalized spacial score (nSPS) is 30.7. The summed E-state index contributed by atoms with van der Waals surface area (Å²) in [6, 6.07) is 0.409. The van der Waals surface area contributed by atoms with Crippen LogP contribution in [-0.2, 0) is 9.59 Å². The maximum Gasteiger partial charge on any atom is 0.226 e. The fourth-order valence-corrected chi connectivity index (χ4v) is 3.64. The molecule has 2 aliphatic rings. The van der Waals surface area contributed by atoms with Gasteiger partial charge in [-0.05, 0) is 45.4 Å². The molecule has 3 N–H and O–H groups in total. The van der Waals surface area contributed by atoms with Crippen LogP contribution in [0.15, 0.2) is 0 Å². The number of nitrogens with one attached hydrogen (secondary N) is 1. The second kappa shape index (κ2) is 9.48. The van der Waals surface area contributed by atoms with Gasteiger partial charge < -0.3 is 16.0 Å². The molecule has 1 aliphatic carbocycles. The lowest BCUT2D eigenvalue weighted by atomic mass is 9.91. The van der Waals surface area contributed by atoms with Crippen molar-refractivity contribution in [2.45, 2.75) is 70.9 Å². The Kier molecular flexibility index (Phi) is 8.34. The molecule has 0 aromatic rings. The minimum absolute atomic E-state index is 0. The number of carbonyl (C=O) groups excluding carboxylic acids is 2. The molecule has 4 atom stereocenters. The van der Waals surface area contributed by atoms with Crippen molar-refractivity contribution in [1.82, 2.24) is 10.2 Å². The smallest absolute Gasteiger partial charge is 0.226 e. The summed E-state index contributed by atoms with van der Waals surface area (Å²) in [7, 11) is 0. The molecule has 2 rings (SSSR count). The lowest BCUT2D eigenvalue weighted by Gasteiger charge is -2.38. The van der Waals surface area contributed by atoms with E-state index in [-0.39, 0.29) is 48.1 Å². The van der Waals surface area contributed by atoms with Gasteiger partial charge in [0.1, 0.15) is 0 Å². The van der Waals surface area contributed by atoms with Crippen molar-refractivity contribution in [3.63, 3.8) is 0 Å². The van der Waals surface area contributed by atoms with Gasteiger partial charge >= 0.3 is 0 Å². The second-order valence-electron chi connectivity index (χ2n) is 7.03. The van der Waals surface area contributed by atoms with Gasteiger partial charge in [0.2, 0.25) is 11.8 Å². The van der Waals surface area contributed by atoms with Gasteiger partial charge in [0.05, 0.1) is 5.92 Å². The van der Waals surface area contributed by atoms with Gasteiger partial charge in [-0.3, -0.25) is 9.59 Å². The summed E-state index contributed by atoms with van der Waals surface area (Å²) >= 11 is 0. The average Bonchev–Trinajstić information content (AvgIpc) is 2.93. The van der Waals surface area contributed by atoms with Crippen LogP contribution in [0, 0.1) is 11.8 Å². The molecular formula is C17H32ClN3O2. The van der Waals surface area contributed by atoms with Gasteiger partial charge in [-0.15, -0.1) is 12.4 Å². The first-order chi connectivity index (χ1) is 10.5. The molecular weight excluding hydrogens is 314 g/mol. The lowest BCUT2D eigenvalue weighted by Crippen LogP contribution is -2.51. The largest absolute Gasteiger partial charge is 0.356 e. The maximum atomic E-state index is 12.7. The summed E-state index contributed by atoms with van der Waals surface area (Å²) in [4.78, 5) is 26.9. The van der Waals surface area contributed by atoms with Crippen LogP contribution in [0.2, 0.25) is 0 Å². The topological polar surface area (TPSA) is 75.4 Å². The highest BCUT2D eigenvalue weighted by Gasteiger charge is 2.37. The number of unbranched alkanes of at least 4 members (excludes halogenated alkanes) is 1. The second-order valence-corrected chi connectivity index (χ2v) is 7.03. The minimum atomic E-state index is -0.0490. The summed E-state index contributed by atoms with van der Waals surface area (Å²) in [5, 5.41) is 3.01. The quantitative estimate of drug-likeness (QED) is 0.749. The molecule has 2 amide bonds. The predicted molar refractivity (Wildman–Crippen MR) is 94.4 cm³/mol. The number of hydrogen-bond acceptors (Lipinski definition) is 3. The molecule has 0 aromatic heterocycles. The Bertz CT molecular complexity index is 405. The van der Waals surface area contributed by atoms with Crippen molar-refractivity contribution in [2.75, 3.05) is 13.1 Å². The average molecular weight is 346 g/mol. The van der Waals surface area contributed by atoms with E-state index in [2.05, 4.69) is 19.2 Å². The zero-order valence-corrected chi connectivity index (χ0v) is 15.2. The first-order valence-corrected chi connectivity index (χ1v) is 8.86. The number of hydrogen-bond donors (Lipinski definition) is 2. The van der Waals surface area contributed by atoms with Crippen molar-refractivity contribution in [1.29, 1.82) is 0 Å². The van der Waals surface area contributed by atoms with Crippen LogP contribution in [-0.4, -0.2) is 41.9 Å². The highest BCUT2D eigenvalue weighted by molar-refractivity contribution is 5.85. The zero-order chi connectivity index (χ0) is 16.1. The van der Waals surface area contributed by atoms with Crippen LogP contribution >= 0.6 is 12.4 Å². The molecule has 2 fully saturated rings. The lowest BCUT2D eigenvalue weighted by molar-refractivity contribution is -0.141. The molecule has 0 aromatic carbocycles. The summed E-state index contributed by atoms with van der Waals surface area (Å²) in [6.07, 6.45) is 6.53. The van der Waals surface area contributed by atoms with Crippen LogP contribution in [0.5, 0.6) is 0 Å². The molecule has 134 valence electrons. The Morgan fingerprint density at radius 1 is 1.17 bits per heavy atom. The highest BCUT2D eigenvalue weighted by atomic mass is 35.5. The fraction of sp³-hybridized carbons (Fsp3) is 0.882. The van der Waals surface area contributed by atoms with E-state index in [1.807, 2.05) is 4.90 Å². The first kappa shape index (κ1) is 20.2. The molecule has 0 radical (unpaired) electrons. The molecule has 23 heavy (non-hydrogen) atoms. The Morgan fingerprint density at radius 2 is 1.87 bits per heavy atom. The number of halogens is 1. The Morgan fingerprint density at radius 3 is 2.48 bits per heavy atom. The van der Waals surface area contributed by atoms with E-state index in [9.17, 15) is 9.59 Å². The molecule has 1 saturated heterocycles. The summed E-state index contributed by atoms with van der Waals surface area (Å²) < 4.78 is 0. The minimum Gasteiger partial charge on any atom is -0.356 e. The van der Waals surface area contributed by atoms with Crippen LogP contribution in [0.1, 0.15) is 58.8 Å². The molecule has 0 bridgehead atoms. The number of carbonyl (C=O) groups is 2. The third kappa shape index (κ3) is 5.35. The van der Waals surface area contributed by atoms with Crippen molar-refractivity contribution in [3.8, 4) is 0 Å². The number of nitrogens with two attached hydrogens (primary N) is 1. The molecule has 5 nitrogen and oxygen atoms in total. The number of amides is 2. The van der Waals surface area contributed by atoms with Gasteiger partial charge in [-0.2, -0.15) is 0 Å². The first-order valence-electron chi connectivity index (χ1n) is 8.86. The van der Waals surface area contributed by atoms with Gasteiger partial charge in [-0.1, -0.05) is 13.3 Å². The van der Waals surface area contributed by atoms with Crippen LogP contribution in [0.3, 0.4) is 0 Å². The number of likely N-dealkylation sites (tertiary alicyclic amines) is 1. The third-order valence-corrected chi connectivity index (χ3v) is 5.19. The monoisotopic (exact) mass is 345 g/mol. The maximum absolute atomic E-state index is 12.7. The zero-order valence-electron chi connectivity index (χ0n) is 14.4. The van der Waals surface area contributed by atoms with Gasteiger partial charge in [0.15, 0.2) is 0 Å². The van der Waals surface area contributed by atoms with E-state index in [4.69, 9.17) is 5.73 Å². The summed E-state index contributed by atoms with van der Waals surface area (Å²) in [5.41, 5.74) is 5.94. The molecule has 4 unspecified atom stereocenters. The SMILES string of the molecule is CCCCNC(=O)C1CCC(C)N(C(=O)C2CCC(N)C2)C1.Cl. The van der Waals surface area contributed by atoms with E-state index in [0.29, 0.717) is 6.54 Å². The van der Waals surface area contributed by atoms with Crippen LogP contribution < -0.4 is 11.1 Å². The number of nitrogens with zero attached hydrogens (tertiary/aromatic N) is 1. The van der Waals surface area contributed by atoms with Gasteiger partial charge in [0, 0.05) is 31.1 Å². The van der Waals surface area contributed by atoms with Crippen LogP contribution in [0.4, 0.5) is 0 Å². The van der Waals surface area contributed by atoms with Crippen molar-refractivity contribution < 1.29 is 9.59 Å². The van der Waals surface area contributed by atoms with E-state index in [0.717, 1.165) is 51.5 Å². The Hall–Kier alpha value is -0.810. The Balaban J connectivity index is 0.00000264. The molecule has 1 saturated carbocycles. The fourth-order valence-electron chi connectivity index (χ4n) is 3.64. The summed E-state index contributed by atoms with van der Waals surface area (Å²) in [6.45, 7) is 5.52. The van der Waals surface area contributed by atoms with Crippen molar-refractivity contribution >= 4 is 24.2 Å². The summed E-state index contributed by atoms with van der Waals surface area (Å²) in [5.74, 6) is 0.346.